The second kappa shape index (κ2) is 29.6. The number of carbonyl (C=O) groups excluding carboxylic acids is 7. The van der Waals surface area contributed by atoms with Crippen molar-refractivity contribution < 1.29 is 83.7 Å². The average molecular weight is 1330 g/mol. The molecular weight excluding hydrogens is 1270 g/mol. The highest BCUT2D eigenvalue weighted by molar-refractivity contribution is 8.76. The Balaban J connectivity index is 0.642. The summed E-state index contributed by atoms with van der Waals surface area (Å²) in [6.07, 6.45) is 1.85. The van der Waals surface area contributed by atoms with Crippen LogP contribution in [-0.2, 0) is 68.0 Å². The first-order valence-electron chi connectivity index (χ1n) is 28.2. The number of fused-ring (bicyclic) bond motifs is 2. The van der Waals surface area contributed by atoms with Crippen LogP contribution < -0.4 is 30.7 Å². The molecule has 6 heterocycles. The summed E-state index contributed by atoms with van der Waals surface area (Å²) < 4.78 is 100. The number of benzene rings is 3. The van der Waals surface area contributed by atoms with E-state index in [4.69, 9.17) is 14.2 Å². The fraction of sp³-hybridized carbons (Fsp3) is 0.333. The number of nitriles is 1. The number of carboxylic acids is 1. The van der Waals surface area contributed by atoms with Crippen molar-refractivity contribution in [2.75, 3.05) is 49.6 Å². The molecular formula is C60H57F4N11O14S3. The lowest BCUT2D eigenvalue weighted by Gasteiger charge is -2.22. The number of carbonyl (C=O) groups is 8. The van der Waals surface area contributed by atoms with Gasteiger partial charge in [0, 0.05) is 116 Å². The molecule has 3 aliphatic rings. The molecule has 0 spiro atoms. The van der Waals surface area contributed by atoms with E-state index in [1.54, 1.807) is 67.0 Å². The number of anilines is 1. The number of hydrogen-bond acceptors (Lipinski definition) is 19. The van der Waals surface area contributed by atoms with Crippen molar-refractivity contribution in [1.29, 1.82) is 5.26 Å². The fourth-order valence-corrected chi connectivity index (χ4v) is 13.4. The molecule has 32 heteroatoms. The van der Waals surface area contributed by atoms with E-state index in [0.717, 1.165) is 33.4 Å². The number of hydrogen-bond donors (Lipinski definition) is 6. The largest absolute Gasteiger partial charge is 0.508 e. The van der Waals surface area contributed by atoms with Crippen LogP contribution >= 0.6 is 21.6 Å². The van der Waals surface area contributed by atoms with Crippen molar-refractivity contribution in [2.24, 2.45) is 5.92 Å². The summed E-state index contributed by atoms with van der Waals surface area (Å²) in [5, 5.41) is 29.9. The number of nitrogens with one attached hydrogen (secondary N) is 5. The normalized spacial score (nSPS) is 16.8. The number of aromatic nitrogens is 3. The first kappa shape index (κ1) is 66.8. The lowest BCUT2D eigenvalue weighted by molar-refractivity contribution is -0.141. The molecule has 0 bridgehead atoms. The Kier molecular flexibility index (Phi) is 21.5. The van der Waals surface area contributed by atoms with Crippen LogP contribution in [0.3, 0.4) is 0 Å². The minimum Gasteiger partial charge on any atom is -0.480 e. The van der Waals surface area contributed by atoms with Crippen LogP contribution in [0.2, 0.25) is 0 Å². The Morgan fingerprint density at radius 3 is 2.41 bits per heavy atom. The van der Waals surface area contributed by atoms with E-state index in [9.17, 15) is 74.7 Å². The topological polar surface area (TPSA) is 348 Å². The molecule has 9 rings (SSSR count). The minimum absolute atomic E-state index is 0.0113. The lowest BCUT2D eigenvalue weighted by Crippen LogP contribution is -2.46. The molecule has 25 nitrogen and oxygen atoms in total. The van der Waals surface area contributed by atoms with Gasteiger partial charge in [-0.15, -0.1) is 0 Å². The Labute approximate surface area is 530 Å². The molecule has 4 atom stereocenters. The molecule has 6 N–H and O–H groups in total. The summed E-state index contributed by atoms with van der Waals surface area (Å²) >= 11 is 0. The number of carboxylic acid groups (broad SMARTS) is 1. The smallest absolute Gasteiger partial charge is 0.480 e. The van der Waals surface area contributed by atoms with Gasteiger partial charge in [-0.25, -0.2) is 40.6 Å². The van der Waals surface area contributed by atoms with Crippen molar-refractivity contribution in [1.82, 2.24) is 46.0 Å². The molecule has 0 saturated carbocycles. The van der Waals surface area contributed by atoms with E-state index in [1.807, 2.05) is 6.07 Å². The molecule has 2 saturated heterocycles. The predicted octanol–water partition coefficient (Wildman–Crippen LogP) is 5.87. The number of halogens is 4. The first-order valence-corrected chi connectivity index (χ1v) is 32.2. The van der Waals surface area contributed by atoms with Gasteiger partial charge in [0.1, 0.15) is 53.6 Å². The summed E-state index contributed by atoms with van der Waals surface area (Å²) in [6, 6.07) is 16.9. The zero-order valence-corrected chi connectivity index (χ0v) is 51.1. The standard InChI is InChI=1S/C60H57F4N11O14S3/c1-87-56-47(73-92(85,86)50-10-7-38(61)23-45(50)62)21-37(27-70-56)33-6-9-46-43(19-33)41(13-14-66-46)34-5-8-39(69-26-34)30-89-59(84)88-17-18-90-91-31-49(58(82)83)71-52(77)12-11-51(76)67-15-16-68-55(80)42-4-2-3-35-28-74(29-44(35)42)53(78)22-36-20-48(72-54(36)79)57(81)75-32-60(63,64)24-40(75)25-65/h2-10,13-14,19,21,23,26-27,36,40,48-49,73H,11-12,15-18,20,22,24,28-32H2,1H3,(H,67,76)(H,68,80)(H,71,77)(H,72,79)(H,82,83)/t36-,40-,48-,49?/m0/s1. The second-order valence-electron chi connectivity index (χ2n) is 21.2. The monoisotopic (exact) mass is 1330 g/mol. The maximum atomic E-state index is 14.5. The molecule has 92 heavy (non-hydrogen) atoms. The molecule has 1 unspecified atom stereocenters. The summed E-state index contributed by atoms with van der Waals surface area (Å²) in [6.45, 7) is -1.11. The van der Waals surface area contributed by atoms with E-state index in [0.29, 0.717) is 50.5 Å². The van der Waals surface area contributed by atoms with Gasteiger partial charge >= 0.3 is 12.1 Å². The number of nitrogens with zero attached hydrogens (tertiary/aromatic N) is 6. The van der Waals surface area contributed by atoms with Crippen molar-refractivity contribution in [3.05, 3.63) is 131 Å². The van der Waals surface area contributed by atoms with Gasteiger partial charge in [0.2, 0.25) is 35.4 Å². The summed E-state index contributed by atoms with van der Waals surface area (Å²) in [4.78, 5) is 117. The third kappa shape index (κ3) is 16.7. The Bertz CT molecular complexity index is 4020. The Morgan fingerprint density at radius 1 is 0.891 bits per heavy atom. The highest BCUT2D eigenvalue weighted by Gasteiger charge is 2.50. The van der Waals surface area contributed by atoms with Crippen LogP contribution in [0.1, 0.15) is 59.3 Å². The summed E-state index contributed by atoms with van der Waals surface area (Å²) in [5.41, 5.74) is 4.91. The quantitative estimate of drug-likeness (QED) is 0.0160. The molecule has 0 radical (unpaired) electrons. The number of ether oxygens (including phenoxy) is 3. The molecule has 2 fully saturated rings. The van der Waals surface area contributed by atoms with Gasteiger partial charge in [0.15, 0.2) is 0 Å². The van der Waals surface area contributed by atoms with E-state index in [2.05, 4.69) is 40.9 Å². The zero-order valence-electron chi connectivity index (χ0n) is 48.6. The number of likely N-dealkylation sites (tertiary alicyclic amines) is 1. The third-order valence-corrected chi connectivity index (χ3v) is 18.7. The molecule has 3 aromatic carbocycles. The highest BCUT2D eigenvalue weighted by Crippen LogP contribution is 2.37. The SMILES string of the molecule is COc1ncc(-c2ccc3nccc(-c4ccc(COC(=O)OCCSSCC(NC(=O)CCC(=O)NCCNC(=O)c5cccc6c5CN(C(=O)C[C@@H]5C[C@@H](C(=O)N7CC(F)(F)C[C@H]7C#N)NC5=O)C6)C(=O)O)nc4)c3c2)cc1NS(=O)(=O)c1ccc(F)cc1F. The molecule has 482 valence electrons. The van der Waals surface area contributed by atoms with Crippen LogP contribution in [0.15, 0.2) is 102 Å². The Hall–Kier alpha value is -9.61. The van der Waals surface area contributed by atoms with Gasteiger partial charge in [-0.1, -0.05) is 45.9 Å². The van der Waals surface area contributed by atoms with Gasteiger partial charge in [-0.05, 0) is 77.2 Å². The van der Waals surface area contributed by atoms with Gasteiger partial charge in [-0.3, -0.25) is 43.5 Å². The van der Waals surface area contributed by atoms with Crippen LogP contribution in [0.5, 0.6) is 5.88 Å². The third-order valence-electron chi connectivity index (χ3n) is 14.9. The molecule has 3 aliphatic heterocycles. The van der Waals surface area contributed by atoms with Crippen LogP contribution in [0.25, 0.3) is 33.2 Å². The van der Waals surface area contributed by atoms with Crippen molar-refractivity contribution in [3.8, 4) is 34.2 Å². The molecule has 6 aromatic rings. The van der Waals surface area contributed by atoms with Gasteiger partial charge in [0.05, 0.1) is 30.9 Å². The van der Waals surface area contributed by atoms with Gasteiger partial charge < -0.3 is 50.4 Å². The number of alkyl halides is 2. The Morgan fingerprint density at radius 2 is 1.66 bits per heavy atom. The average Bonchev–Trinajstić information content (AvgIpc) is 1.15. The number of sulfonamides is 1. The number of amides is 6. The summed E-state index contributed by atoms with van der Waals surface area (Å²) in [7, 11) is -0.980. The van der Waals surface area contributed by atoms with E-state index < -0.39 is 117 Å². The van der Waals surface area contributed by atoms with Crippen LogP contribution in [0, 0.1) is 28.9 Å². The zero-order chi connectivity index (χ0) is 65.9. The van der Waals surface area contributed by atoms with Crippen molar-refractivity contribution in [2.45, 2.75) is 80.7 Å². The first-order chi connectivity index (χ1) is 44.0. The molecule has 6 amide bonds. The molecule has 0 aliphatic carbocycles. The predicted molar refractivity (Wildman–Crippen MR) is 323 cm³/mol. The maximum Gasteiger partial charge on any atom is 0.508 e. The van der Waals surface area contributed by atoms with Gasteiger partial charge in [0.25, 0.3) is 21.9 Å². The fourth-order valence-electron chi connectivity index (χ4n) is 10.3. The van der Waals surface area contributed by atoms with E-state index in [-0.39, 0.29) is 93.7 Å². The maximum absolute atomic E-state index is 14.5. The summed E-state index contributed by atoms with van der Waals surface area (Å²) in [5.74, 6) is -11.2. The number of rotatable bonds is 26. The number of methoxy groups -OCH3 is 1. The van der Waals surface area contributed by atoms with Crippen LogP contribution in [0.4, 0.5) is 28.0 Å². The van der Waals surface area contributed by atoms with Gasteiger partial charge in [-0.2, -0.15) is 5.26 Å². The van der Waals surface area contributed by atoms with E-state index in [1.165, 1.54) is 35.1 Å². The lowest BCUT2D eigenvalue weighted by atomic mass is 9.98. The molecule has 3 aromatic heterocycles. The number of aliphatic carboxylic acids is 1. The van der Waals surface area contributed by atoms with E-state index >= 15 is 0 Å². The number of pyridine rings is 3. The minimum atomic E-state index is -4.54. The van der Waals surface area contributed by atoms with Crippen molar-refractivity contribution >= 4 is 95.8 Å². The van der Waals surface area contributed by atoms with Crippen molar-refractivity contribution in [3.63, 3.8) is 0 Å². The highest BCUT2D eigenvalue weighted by atomic mass is 33.1. The second-order valence-corrected chi connectivity index (χ2v) is 25.5. The van der Waals surface area contributed by atoms with Crippen LogP contribution in [-0.4, -0.2) is 155 Å².